The Hall–Kier alpha value is -2.05. The molecule has 0 saturated heterocycles. The van der Waals surface area contributed by atoms with Gasteiger partial charge in [0.15, 0.2) is 0 Å². The van der Waals surface area contributed by atoms with Crippen LogP contribution in [-0.2, 0) is 7.05 Å². The zero-order valence-corrected chi connectivity index (χ0v) is 15.1. The van der Waals surface area contributed by atoms with Crippen LogP contribution in [0.4, 0.5) is 5.69 Å². The summed E-state index contributed by atoms with van der Waals surface area (Å²) in [5, 5.41) is 9.93. The van der Waals surface area contributed by atoms with Crippen LogP contribution < -0.4 is 10.6 Å². The number of carbonyl (C=O) groups excluding carboxylic acids is 2. The Morgan fingerprint density at radius 3 is 2.62 bits per heavy atom. The van der Waals surface area contributed by atoms with Crippen LogP contribution in [0.2, 0.25) is 10.0 Å². The highest BCUT2D eigenvalue weighted by Crippen LogP contribution is 2.26. The number of hydrogen-bond donors (Lipinski definition) is 2. The third-order valence-electron chi connectivity index (χ3n) is 3.27. The monoisotopic (exact) mass is 368 g/mol. The summed E-state index contributed by atoms with van der Waals surface area (Å²) in [7, 11) is 1.63. The molecule has 8 heteroatoms. The van der Waals surface area contributed by atoms with E-state index >= 15 is 0 Å². The fourth-order valence-corrected chi connectivity index (χ4v) is 2.43. The fraction of sp³-hybridized carbons (Fsp3) is 0.312. The van der Waals surface area contributed by atoms with E-state index in [0.717, 1.165) is 0 Å². The van der Waals surface area contributed by atoms with Gasteiger partial charge < -0.3 is 10.6 Å². The number of hydrogen-bond acceptors (Lipinski definition) is 3. The van der Waals surface area contributed by atoms with Crippen molar-refractivity contribution in [2.24, 2.45) is 13.0 Å². The topological polar surface area (TPSA) is 76.0 Å². The average Bonchev–Trinajstić information content (AvgIpc) is 2.88. The molecule has 0 spiro atoms. The van der Waals surface area contributed by atoms with Crippen molar-refractivity contribution in [2.75, 3.05) is 11.9 Å². The molecule has 128 valence electrons. The van der Waals surface area contributed by atoms with Crippen LogP contribution in [0.15, 0.2) is 24.4 Å². The van der Waals surface area contributed by atoms with Crippen LogP contribution in [0.3, 0.4) is 0 Å². The molecule has 2 aromatic rings. The predicted molar refractivity (Wildman–Crippen MR) is 94.8 cm³/mol. The first-order valence-corrected chi connectivity index (χ1v) is 8.12. The van der Waals surface area contributed by atoms with Crippen LogP contribution in [0, 0.1) is 5.92 Å². The van der Waals surface area contributed by atoms with Crippen molar-refractivity contribution in [3.05, 3.63) is 45.7 Å². The number of halogens is 2. The third-order valence-corrected chi connectivity index (χ3v) is 4.09. The minimum absolute atomic E-state index is 0.159. The number of nitrogens with one attached hydrogen (secondary N) is 2. The maximum Gasteiger partial charge on any atom is 0.271 e. The molecule has 0 unspecified atom stereocenters. The Labute approximate surface area is 150 Å². The van der Waals surface area contributed by atoms with Crippen LogP contribution in [-0.4, -0.2) is 28.1 Å². The molecular formula is C16H18Cl2N4O2. The van der Waals surface area contributed by atoms with Crippen molar-refractivity contribution in [3.63, 3.8) is 0 Å². The van der Waals surface area contributed by atoms with Gasteiger partial charge in [0.05, 0.1) is 27.5 Å². The number of benzene rings is 1. The van der Waals surface area contributed by atoms with Gasteiger partial charge >= 0.3 is 0 Å². The molecule has 6 nitrogen and oxygen atoms in total. The maximum absolute atomic E-state index is 12.4. The standard InChI is InChI=1S/C16H18Cl2N4O2/c1-9(2)7-19-16(24)14-12(8-20-22(14)3)21-15(23)10-5-4-6-11(17)13(10)18/h4-6,8-9H,7H2,1-3H3,(H,19,24)(H,21,23). The van der Waals surface area contributed by atoms with Gasteiger partial charge in [-0.05, 0) is 18.1 Å². The lowest BCUT2D eigenvalue weighted by molar-refractivity contribution is 0.0940. The number of carbonyl (C=O) groups is 2. The molecule has 0 atom stereocenters. The highest BCUT2D eigenvalue weighted by Gasteiger charge is 2.20. The van der Waals surface area contributed by atoms with Gasteiger partial charge in [-0.1, -0.05) is 43.1 Å². The van der Waals surface area contributed by atoms with Crippen molar-refractivity contribution in [1.82, 2.24) is 15.1 Å². The first kappa shape index (κ1) is 18.3. The molecule has 0 saturated carbocycles. The number of amides is 2. The fourth-order valence-electron chi connectivity index (χ4n) is 2.05. The summed E-state index contributed by atoms with van der Waals surface area (Å²) in [4.78, 5) is 24.7. The Morgan fingerprint density at radius 1 is 1.25 bits per heavy atom. The van der Waals surface area contributed by atoms with Crippen LogP contribution in [0.25, 0.3) is 0 Å². The third kappa shape index (κ3) is 4.07. The highest BCUT2D eigenvalue weighted by molar-refractivity contribution is 6.44. The van der Waals surface area contributed by atoms with E-state index in [0.29, 0.717) is 18.2 Å². The number of nitrogens with zero attached hydrogens (tertiary/aromatic N) is 2. The van der Waals surface area contributed by atoms with Crippen LogP contribution in [0.5, 0.6) is 0 Å². The van der Waals surface area contributed by atoms with Crippen molar-refractivity contribution in [3.8, 4) is 0 Å². The molecule has 0 radical (unpaired) electrons. The molecule has 24 heavy (non-hydrogen) atoms. The Kier molecular flexibility index (Phi) is 5.85. The predicted octanol–water partition coefficient (Wildman–Crippen LogP) is 3.37. The summed E-state index contributed by atoms with van der Waals surface area (Å²) in [5.74, 6) is -0.463. The van der Waals surface area contributed by atoms with Crippen LogP contribution >= 0.6 is 23.2 Å². The molecule has 2 rings (SSSR count). The van der Waals surface area contributed by atoms with Gasteiger partial charge in [-0.3, -0.25) is 14.3 Å². The van der Waals surface area contributed by atoms with Gasteiger partial charge in [-0.15, -0.1) is 0 Å². The lowest BCUT2D eigenvalue weighted by atomic mass is 10.2. The van der Waals surface area contributed by atoms with E-state index in [9.17, 15) is 9.59 Å². The molecule has 0 aliphatic heterocycles. The summed E-state index contributed by atoms with van der Waals surface area (Å²) in [6.45, 7) is 4.51. The van der Waals surface area contributed by atoms with Gasteiger partial charge in [0.25, 0.3) is 11.8 Å². The van der Waals surface area contributed by atoms with Gasteiger partial charge in [0.1, 0.15) is 5.69 Å². The molecule has 2 amide bonds. The summed E-state index contributed by atoms with van der Waals surface area (Å²) in [5.41, 5.74) is 0.795. The van der Waals surface area contributed by atoms with E-state index in [1.54, 1.807) is 25.2 Å². The zero-order valence-electron chi connectivity index (χ0n) is 13.6. The molecule has 0 bridgehead atoms. The Bertz CT molecular complexity index is 771. The molecule has 1 heterocycles. The van der Waals surface area contributed by atoms with Crippen molar-refractivity contribution in [1.29, 1.82) is 0 Å². The summed E-state index contributed by atoms with van der Waals surface area (Å²) in [6, 6.07) is 4.77. The summed E-state index contributed by atoms with van der Waals surface area (Å²) < 4.78 is 1.41. The van der Waals surface area contributed by atoms with Gasteiger partial charge in [-0.2, -0.15) is 5.10 Å². The van der Waals surface area contributed by atoms with E-state index < -0.39 is 5.91 Å². The van der Waals surface area contributed by atoms with Crippen molar-refractivity contribution >= 4 is 40.7 Å². The first-order valence-electron chi connectivity index (χ1n) is 7.36. The number of rotatable bonds is 5. The first-order chi connectivity index (χ1) is 11.3. The van der Waals surface area contributed by atoms with E-state index in [4.69, 9.17) is 23.2 Å². The van der Waals surface area contributed by atoms with E-state index in [1.807, 2.05) is 13.8 Å². The second kappa shape index (κ2) is 7.68. The van der Waals surface area contributed by atoms with E-state index in [2.05, 4.69) is 15.7 Å². The zero-order chi connectivity index (χ0) is 17.9. The maximum atomic E-state index is 12.4. The minimum Gasteiger partial charge on any atom is -0.350 e. The van der Waals surface area contributed by atoms with Gasteiger partial charge in [0, 0.05) is 13.6 Å². The summed E-state index contributed by atoms with van der Waals surface area (Å²) >= 11 is 12.0. The number of aryl methyl sites for hydroxylation is 1. The molecule has 0 aliphatic rings. The second-order valence-corrected chi connectivity index (χ2v) is 6.47. The molecule has 0 fully saturated rings. The second-order valence-electron chi connectivity index (χ2n) is 5.69. The quantitative estimate of drug-likeness (QED) is 0.849. The lowest BCUT2D eigenvalue weighted by Crippen LogP contribution is -2.30. The smallest absolute Gasteiger partial charge is 0.271 e. The minimum atomic E-state index is -0.464. The van der Waals surface area contributed by atoms with E-state index in [1.165, 1.54) is 10.9 Å². The Balaban J connectivity index is 2.23. The van der Waals surface area contributed by atoms with Crippen LogP contribution in [0.1, 0.15) is 34.7 Å². The summed E-state index contributed by atoms with van der Waals surface area (Å²) in [6.07, 6.45) is 1.42. The number of aromatic nitrogens is 2. The van der Waals surface area contributed by atoms with Gasteiger partial charge in [-0.25, -0.2) is 0 Å². The molecule has 1 aromatic carbocycles. The molecular weight excluding hydrogens is 351 g/mol. The lowest BCUT2D eigenvalue weighted by Gasteiger charge is -2.11. The average molecular weight is 369 g/mol. The number of anilines is 1. The SMILES string of the molecule is CC(C)CNC(=O)c1c(NC(=O)c2cccc(Cl)c2Cl)cnn1C. The largest absolute Gasteiger partial charge is 0.350 e. The van der Waals surface area contributed by atoms with Crippen molar-refractivity contribution < 1.29 is 9.59 Å². The Morgan fingerprint density at radius 2 is 1.96 bits per heavy atom. The molecule has 2 N–H and O–H groups in total. The highest BCUT2D eigenvalue weighted by atomic mass is 35.5. The normalized spacial score (nSPS) is 10.8. The molecule has 0 aliphatic carbocycles. The molecule has 1 aromatic heterocycles. The van der Waals surface area contributed by atoms with E-state index in [-0.39, 0.29) is 27.2 Å². The van der Waals surface area contributed by atoms with Crippen molar-refractivity contribution in [2.45, 2.75) is 13.8 Å². The van der Waals surface area contributed by atoms with Gasteiger partial charge in [0.2, 0.25) is 0 Å².